The second kappa shape index (κ2) is 7.53. The summed E-state index contributed by atoms with van der Waals surface area (Å²) in [4.78, 5) is 10.1. The lowest BCUT2D eigenvalue weighted by atomic mass is 10.2. The van der Waals surface area contributed by atoms with Crippen LogP contribution in [0.3, 0.4) is 0 Å². The zero-order chi connectivity index (χ0) is 14.6. The molecule has 7 nitrogen and oxygen atoms in total. The van der Waals surface area contributed by atoms with Crippen LogP contribution in [0.15, 0.2) is 23.1 Å². The first-order valence-electron chi connectivity index (χ1n) is 5.74. The standard InChI is InChI=1S/C11H17N3O4S.ClH/c1-8-7-10(14(15)16)3-4-11(8)19(17,18)13-6-5-9(2)12;/h3-4,7,9,13H,5-6,12H2,1-2H3;1H. The minimum Gasteiger partial charge on any atom is -0.328 e. The molecule has 1 atom stereocenters. The van der Waals surface area contributed by atoms with Gasteiger partial charge in [-0.05, 0) is 31.9 Å². The van der Waals surface area contributed by atoms with Crippen molar-refractivity contribution in [1.82, 2.24) is 4.72 Å². The van der Waals surface area contributed by atoms with E-state index in [0.717, 1.165) is 0 Å². The zero-order valence-electron chi connectivity index (χ0n) is 11.2. The molecule has 0 heterocycles. The van der Waals surface area contributed by atoms with Gasteiger partial charge in [-0.3, -0.25) is 10.1 Å². The van der Waals surface area contributed by atoms with Crippen LogP contribution in [0.25, 0.3) is 0 Å². The monoisotopic (exact) mass is 323 g/mol. The van der Waals surface area contributed by atoms with Gasteiger partial charge in [0.1, 0.15) is 0 Å². The Morgan fingerprint density at radius 1 is 1.45 bits per heavy atom. The quantitative estimate of drug-likeness (QED) is 0.605. The van der Waals surface area contributed by atoms with Crippen LogP contribution in [-0.2, 0) is 10.0 Å². The molecule has 0 radical (unpaired) electrons. The van der Waals surface area contributed by atoms with Crippen molar-refractivity contribution in [3.8, 4) is 0 Å². The van der Waals surface area contributed by atoms with Gasteiger partial charge in [0, 0.05) is 24.7 Å². The highest BCUT2D eigenvalue weighted by molar-refractivity contribution is 7.89. The smallest absolute Gasteiger partial charge is 0.269 e. The van der Waals surface area contributed by atoms with E-state index in [1.54, 1.807) is 6.92 Å². The van der Waals surface area contributed by atoms with E-state index in [0.29, 0.717) is 12.0 Å². The van der Waals surface area contributed by atoms with Gasteiger partial charge in [-0.1, -0.05) is 0 Å². The number of nitrogens with two attached hydrogens (primary N) is 1. The summed E-state index contributed by atoms with van der Waals surface area (Å²) in [6.45, 7) is 3.54. The second-order valence-electron chi connectivity index (χ2n) is 4.37. The molecule has 3 N–H and O–H groups in total. The van der Waals surface area contributed by atoms with Crippen LogP contribution in [0.4, 0.5) is 5.69 Å². The molecule has 0 aliphatic rings. The predicted molar refractivity (Wildman–Crippen MR) is 78.5 cm³/mol. The maximum Gasteiger partial charge on any atom is 0.269 e. The van der Waals surface area contributed by atoms with Gasteiger partial charge in [0.15, 0.2) is 0 Å². The number of nitrogens with one attached hydrogen (secondary N) is 1. The van der Waals surface area contributed by atoms with Crippen molar-refractivity contribution in [2.75, 3.05) is 6.54 Å². The van der Waals surface area contributed by atoms with E-state index in [4.69, 9.17) is 5.73 Å². The molecule has 1 rings (SSSR count). The molecule has 1 aromatic rings. The summed E-state index contributed by atoms with van der Waals surface area (Å²) < 4.78 is 26.4. The third kappa shape index (κ3) is 5.04. The summed E-state index contributed by atoms with van der Waals surface area (Å²) in [6, 6.07) is 3.55. The van der Waals surface area contributed by atoms with E-state index in [9.17, 15) is 18.5 Å². The van der Waals surface area contributed by atoms with Crippen molar-refractivity contribution in [3.05, 3.63) is 33.9 Å². The highest BCUT2D eigenvalue weighted by Gasteiger charge is 2.18. The number of rotatable bonds is 6. The van der Waals surface area contributed by atoms with Gasteiger partial charge in [0.2, 0.25) is 10.0 Å². The van der Waals surface area contributed by atoms with E-state index in [2.05, 4.69) is 4.72 Å². The molecule has 114 valence electrons. The highest BCUT2D eigenvalue weighted by atomic mass is 35.5. The number of non-ortho nitro benzene ring substituents is 1. The molecule has 20 heavy (non-hydrogen) atoms. The first kappa shape index (κ1) is 18.8. The molecule has 1 unspecified atom stereocenters. The van der Waals surface area contributed by atoms with E-state index in [1.165, 1.54) is 25.1 Å². The Morgan fingerprint density at radius 3 is 2.50 bits per heavy atom. The Kier molecular flexibility index (Phi) is 7.07. The molecule has 0 aromatic heterocycles. The van der Waals surface area contributed by atoms with Crippen molar-refractivity contribution >= 4 is 28.1 Å². The molecule has 0 fully saturated rings. The number of hydrogen-bond acceptors (Lipinski definition) is 5. The molecule has 0 spiro atoms. The Balaban J connectivity index is 0.00000361. The number of sulfonamides is 1. The number of hydrogen-bond donors (Lipinski definition) is 2. The average molecular weight is 324 g/mol. The number of nitro benzene ring substituents is 1. The van der Waals surface area contributed by atoms with Gasteiger partial charge < -0.3 is 5.73 Å². The summed E-state index contributed by atoms with van der Waals surface area (Å²) in [6.07, 6.45) is 0.519. The Labute approximate surface area is 124 Å². The third-order valence-electron chi connectivity index (χ3n) is 2.55. The molecule has 0 aliphatic heterocycles. The van der Waals surface area contributed by atoms with Crippen LogP contribution in [0.5, 0.6) is 0 Å². The largest absolute Gasteiger partial charge is 0.328 e. The molecule has 0 aliphatic carbocycles. The Hall–Kier alpha value is -1.22. The molecular weight excluding hydrogens is 306 g/mol. The number of halogens is 1. The summed E-state index contributed by atoms with van der Waals surface area (Å²) >= 11 is 0. The lowest BCUT2D eigenvalue weighted by Crippen LogP contribution is -2.29. The van der Waals surface area contributed by atoms with Gasteiger partial charge in [-0.2, -0.15) is 0 Å². The maximum absolute atomic E-state index is 12.0. The molecule has 0 saturated carbocycles. The predicted octanol–water partition coefficient (Wildman–Crippen LogP) is 1.34. The first-order chi connectivity index (χ1) is 8.74. The maximum atomic E-state index is 12.0. The Morgan fingerprint density at radius 2 is 2.05 bits per heavy atom. The fourth-order valence-electron chi connectivity index (χ4n) is 1.55. The van der Waals surface area contributed by atoms with Gasteiger partial charge in [0.25, 0.3) is 5.69 Å². The first-order valence-corrected chi connectivity index (χ1v) is 7.22. The number of nitro groups is 1. The fraction of sp³-hybridized carbons (Fsp3) is 0.455. The third-order valence-corrected chi connectivity index (χ3v) is 4.17. The number of benzene rings is 1. The molecule has 1 aromatic carbocycles. The van der Waals surface area contributed by atoms with Crippen LogP contribution < -0.4 is 10.5 Å². The minimum absolute atomic E-state index is 0. The van der Waals surface area contributed by atoms with Crippen LogP contribution in [-0.4, -0.2) is 25.9 Å². The molecule has 9 heteroatoms. The van der Waals surface area contributed by atoms with Crippen molar-refractivity contribution in [2.45, 2.75) is 31.2 Å². The lowest BCUT2D eigenvalue weighted by Gasteiger charge is -2.10. The highest BCUT2D eigenvalue weighted by Crippen LogP contribution is 2.20. The molecule has 0 saturated heterocycles. The zero-order valence-corrected chi connectivity index (χ0v) is 12.8. The SMILES string of the molecule is Cc1cc([N+](=O)[O-])ccc1S(=O)(=O)NCCC(C)N.Cl. The summed E-state index contributed by atoms with van der Waals surface area (Å²) in [7, 11) is -3.66. The van der Waals surface area contributed by atoms with Crippen LogP contribution in [0.2, 0.25) is 0 Å². The van der Waals surface area contributed by atoms with E-state index in [1.807, 2.05) is 0 Å². The van der Waals surface area contributed by atoms with Crippen LogP contribution in [0.1, 0.15) is 18.9 Å². The lowest BCUT2D eigenvalue weighted by molar-refractivity contribution is -0.385. The van der Waals surface area contributed by atoms with Crippen molar-refractivity contribution < 1.29 is 13.3 Å². The summed E-state index contributed by atoms with van der Waals surface area (Å²) in [5.74, 6) is 0. The van der Waals surface area contributed by atoms with E-state index < -0.39 is 14.9 Å². The number of nitrogens with zero attached hydrogens (tertiary/aromatic N) is 1. The van der Waals surface area contributed by atoms with Gasteiger partial charge in [0.05, 0.1) is 9.82 Å². The van der Waals surface area contributed by atoms with Gasteiger partial charge >= 0.3 is 0 Å². The average Bonchev–Trinajstić information content (AvgIpc) is 2.27. The van der Waals surface area contributed by atoms with Crippen molar-refractivity contribution in [3.63, 3.8) is 0 Å². The fourth-order valence-corrected chi connectivity index (χ4v) is 2.82. The summed E-state index contributed by atoms with van der Waals surface area (Å²) in [5, 5.41) is 10.6. The molecule has 0 amide bonds. The number of aryl methyl sites for hydroxylation is 1. The molecular formula is C11H18ClN3O4S. The normalized spacial score (nSPS) is 12.6. The van der Waals surface area contributed by atoms with E-state index in [-0.39, 0.29) is 35.6 Å². The van der Waals surface area contributed by atoms with Crippen LogP contribution >= 0.6 is 12.4 Å². The van der Waals surface area contributed by atoms with E-state index >= 15 is 0 Å². The van der Waals surface area contributed by atoms with Crippen LogP contribution in [0, 0.1) is 17.0 Å². The van der Waals surface area contributed by atoms with Gasteiger partial charge in [-0.15, -0.1) is 12.4 Å². The Bertz CT molecular complexity index is 575. The van der Waals surface area contributed by atoms with Crippen molar-refractivity contribution in [1.29, 1.82) is 0 Å². The minimum atomic E-state index is -3.66. The topological polar surface area (TPSA) is 115 Å². The van der Waals surface area contributed by atoms with Crippen molar-refractivity contribution in [2.24, 2.45) is 5.73 Å². The summed E-state index contributed by atoms with van der Waals surface area (Å²) in [5.41, 5.74) is 5.74. The molecule has 0 bridgehead atoms. The second-order valence-corrected chi connectivity index (χ2v) is 6.11. The van der Waals surface area contributed by atoms with Gasteiger partial charge in [-0.25, -0.2) is 13.1 Å².